The molecule has 0 saturated carbocycles. The Morgan fingerprint density at radius 2 is 1.69 bits per heavy atom. The Morgan fingerprint density at radius 1 is 1.06 bits per heavy atom. The Kier molecular flexibility index (Phi) is 4.15. The lowest BCUT2D eigenvalue weighted by Crippen LogP contribution is -2.53. The number of likely N-dealkylation sites (N-methyl/N-ethyl adjacent to an activating group) is 1. The smallest absolute Gasteiger partial charge is 0.237 e. The SMILES string of the molecule is CN1CCN(NCC(=O)N2CCCC2)CC1. The number of hydrogen-bond donors (Lipinski definition) is 1. The molecule has 0 aromatic rings. The van der Waals surface area contributed by atoms with Crippen LogP contribution in [0.4, 0.5) is 0 Å². The maximum absolute atomic E-state index is 11.8. The van der Waals surface area contributed by atoms with E-state index in [0.717, 1.165) is 39.3 Å². The number of hydrogen-bond acceptors (Lipinski definition) is 4. The van der Waals surface area contributed by atoms with Crippen LogP contribution in [-0.2, 0) is 4.79 Å². The molecule has 0 unspecified atom stereocenters. The van der Waals surface area contributed by atoms with Gasteiger partial charge in [-0.05, 0) is 19.9 Å². The van der Waals surface area contributed by atoms with Crippen LogP contribution in [0.25, 0.3) is 0 Å². The minimum absolute atomic E-state index is 0.247. The van der Waals surface area contributed by atoms with E-state index in [9.17, 15) is 4.79 Å². The van der Waals surface area contributed by atoms with Crippen molar-refractivity contribution >= 4 is 5.91 Å². The summed E-state index contributed by atoms with van der Waals surface area (Å²) in [6.45, 7) is 6.51. The van der Waals surface area contributed by atoms with Gasteiger partial charge in [-0.1, -0.05) is 0 Å². The summed E-state index contributed by atoms with van der Waals surface area (Å²) in [4.78, 5) is 16.0. The zero-order valence-corrected chi connectivity index (χ0v) is 10.1. The van der Waals surface area contributed by atoms with Gasteiger partial charge < -0.3 is 9.80 Å². The summed E-state index contributed by atoms with van der Waals surface area (Å²) in [5, 5.41) is 2.16. The molecule has 2 aliphatic rings. The van der Waals surface area contributed by atoms with Crippen LogP contribution in [0, 0.1) is 0 Å². The third-order valence-corrected chi connectivity index (χ3v) is 3.42. The van der Waals surface area contributed by atoms with Gasteiger partial charge >= 0.3 is 0 Å². The monoisotopic (exact) mass is 226 g/mol. The molecule has 0 aromatic carbocycles. The normalized spacial score (nSPS) is 23.9. The maximum atomic E-state index is 11.8. The molecule has 5 heteroatoms. The van der Waals surface area contributed by atoms with Crippen LogP contribution in [0.2, 0.25) is 0 Å². The van der Waals surface area contributed by atoms with Crippen LogP contribution in [0.5, 0.6) is 0 Å². The topological polar surface area (TPSA) is 38.8 Å². The molecule has 2 aliphatic heterocycles. The van der Waals surface area contributed by atoms with Crippen molar-refractivity contribution in [2.75, 3.05) is 52.9 Å². The zero-order valence-electron chi connectivity index (χ0n) is 10.1. The Balaban J connectivity index is 1.65. The number of amides is 1. The lowest BCUT2D eigenvalue weighted by atomic mass is 10.4. The lowest BCUT2D eigenvalue weighted by molar-refractivity contribution is -0.130. The van der Waals surface area contributed by atoms with E-state index in [1.807, 2.05) is 4.90 Å². The van der Waals surface area contributed by atoms with Gasteiger partial charge in [0, 0.05) is 39.3 Å². The summed E-state index contributed by atoms with van der Waals surface area (Å²) < 4.78 is 0. The van der Waals surface area contributed by atoms with Gasteiger partial charge in [0.15, 0.2) is 0 Å². The molecule has 0 atom stereocenters. The van der Waals surface area contributed by atoms with E-state index in [4.69, 9.17) is 0 Å². The molecule has 92 valence electrons. The van der Waals surface area contributed by atoms with E-state index in [-0.39, 0.29) is 5.91 Å². The first-order valence-corrected chi connectivity index (χ1v) is 6.20. The minimum atomic E-state index is 0.247. The average molecular weight is 226 g/mol. The molecule has 2 heterocycles. The molecule has 0 radical (unpaired) electrons. The van der Waals surface area contributed by atoms with Gasteiger partial charge in [0.1, 0.15) is 0 Å². The van der Waals surface area contributed by atoms with Crippen molar-refractivity contribution in [2.24, 2.45) is 0 Å². The molecule has 5 nitrogen and oxygen atoms in total. The number of likely N-dealkylation sites (tertiary alicyclic amines) is 1. The number of nitrogens with zero attached hydrogens (tertiary/aromatic N) is 3. The molecular weight excluding hydrogens is 204 g/mol. The second-order valence-electron chi connectivity index (χ2n) is 4.71. The second kappa shape index (κ2) is 5.61. The van der Waals surface area contributed by atoms with Crippen molar-refractivity contribution in [1.82, 2.24) is 20.2 Å². The highest BCUT2D eigenvalue weighted by Gasteiger charge is 2.19. The number of nitrogens with one attached hydrogen (secondary N) is 1. The van der Waals surface area contributed by atoms with E-state index in [1.54, 1.807) is 0 Å². The zero-order chi connectivity index (χ0) is 11.4. The molecule has 0 aliphatic carbocycles. The molecule has 1 N–H and O–H groups in total. The third kappa shape index (κ3) is 3.17. The van der Waals surface area contributed by atoms with Gasteiger partial charge in [-0.2, -0.15) is 0 Å². The van der Waals surface area contributed by atoms with Gasteiger partial charge in [-0.15, -0.1) is 0 Å². The standard InChI is InChI=1S/C11H22N4O/c1-13-6-8-15(9-7-13)12-10-11(16)14-4-2-3-5-14/h12H,2-10H2,1H3. The summed E-state index contributed by atoms with van der Waals surface area (Å²) in [6.07, 6.45) is 2.33. The lowest BCUT2D eigenvalue weighted by Gasteiger charge is -2.32. The van der Waals surface area contributed by atoms with E-state index >= 15 is 0 Å². The summed E-state index contributed by atoms with van der Waals surface area (Å²) in [5.74, 6) is 0.247. The predicted octanol–water partition coefficient (Wildman–Crippen LogP) is -0.639. The summed E-state index contributed by atoms with van der Waals surface area (Å²) >= 11 is 0. The molecule has 0 aromatic heterocycles. The molecule has 0 spiro atoms. The fraction of sp³-hybridized carbons (Fsp3) is 0.909. The number of hydrazine groups is 1. The largest absolute Gasteiger partial charge is 0.342 e. The van der Waals surface area contributed by atoms with Gasteiger partial charge in [0.25, 0.3) is 0 Å². The fourth-order valence-electron chi connectivity index (χ4n) is 2.22. The van der Waals surface area contributed by atoms with Crippen LogP contribution >= 0.6 is 0 Å². The summed E-state index contributed by atoms with van der Waals surface area (Å²) in [7, 11) is 2.13. The fourth-order valence-corrected chi connectivity index (χ4v) is 2.22. The van der Waals surface area contributed by atoms with Crippen molar-refractivity contribution in [1.29, 1.82) is 0 Å². The van der Waals surface area contributed by atoms with Gasteiger partial charge in [0.05, 0.1) is 6.54 Å². The highest BCUT2D eigenvalue weighted by Crippen LogP contribution is 2.06. The van der Waals surface area contributed by atoms with Gasteiger partial charge in [-0.3, -0.25) is 4.79 Å². The minimum Gasteiger partial charge on any atom is -0.342 e. The van der Waals surface area contributed by atoms with Crippen molar-refractivity contribution in [3.8, 4) is 0 Å². The molecule has 16 heavy (non-hydrogen) atoms. The van der Waals surface area contributed by atoms with E-state index in [2.05, 4.69) is 22.4 Å². The van der Waals surface area contributed by atoms with Crippen molar-refractivity contribution in [2.45, 2.75) is 12.8 Å². The molecule has 2 fully saturated rings. The van der Waals surface area contributed by atoms with E-state index in [0.29, 0.717) is 6.54 Å². The van der Waals surface area contributed by atoms with Crippen LogP contribution in [0.3, 0.4) is 0 Å². The quantitative estimate of drug-likeness (QED) is 0.695. The summed E-state index contributed by atoms with van der Waals surface area (Å²) in [5.41, 5.74) is 3.23. The molecule has 0 bridgehead atoms. The number of piperazine rings is 1. The molecule has 2 rings (SSSR count). The van der Waals surface area contributed by atoms with Crippen LogP contribution in [-0.4, -0.2) is 73.6 Å². The predicted molar refractivity (Wildman–Crippen MR) is 62.9 cm³/mol. The first kappa shape index (κ1) is 11.8. The first-order valence-electron chi connectivity index (χ1n) is 6.20. The average Bonchev–Trinajstić information content (AvgIpc) is 2.81. The Bertz CT molecular complexity index is 232. The van der Waals surface area contributed by atoms with Crippen LogP contribution < -0.4 is 5.43 Å². The summed E-state index contributed by atoms with van der Waals surface area (Å²) in [6, 6.07) is 0. The second-order valence-corrected chi connectivity index (χ2v) is 4.71. The molecule has 1 amide bonds. The third-order valence-electron chi connectivity index (χ3n) is 3.42. The maximum Gasteiger partial charge on any atom is 0.237 e. The van der Waals surface area contributed by atoms with E-state index in [1.165, 1.54) is 12.8 Å². The molecule has 2 saturated heterocycles. The van der Waals surface area contributed by atoms with Crippen LogP contribution in [0.15, 0.2) is 0 Å². The highest BCUT2D eigenvalue weighted by molar-refractivity contribution is 5.78. The van der Waals surface area contributed by atoms with Crippen LogP contribution in [0.1, 0.15) is 12.8 Å². The molecular formula is C11H22N4O. The first-order chi connectivity index (χ1) is 7.75. The van der Waals surface area contributed by atoms with Gasteiger partial charge in [-0.25, -0.2) is 10.4 Å². The van der Waals surface area contributed by atoms with Crippen molar-refractivity contribution in [3.05, 3.63) is 0 Å². The Hall–Kier alpha value is -0.650. The Morgan fingerprint density at radius 3 is 2.31 bits per heavy atom. The number of carbonyl (C=O) groups excluding carboxylic acids is 1. The van der Waals surface area contributed by atoms with E-state index < -0.39 is 0 Å². The van der Waals surface area contributed by atoms with Gasteiger partial charge in [0.2, 0.25) is 5.91 Å². The van der Waals surface area contributed by atoms with Crippen molar-refractivity contribution in [3.63, 3.8) is 0 Å². The van der Waals surface area contributed by atoms with Crippen molar-refractivity contribution < 1.29 is 4.79 Å². The Labute approximate surface area is 97.3 Å². The number of rotatable bonds is 3. The highest BCUT2D eigenvalue weighted by atomic mass is 16.2. The number of carbonyl (C=O) groups is 1.